The van der Waals surface area contributed by atoms with Crippen LogP contribution in [0.15, 0.2) is 28.7 Å². The molecule has 0 atom stereocenters. The lowest BCUT2D eigenvalue weighted by Gasteiger charge is -2.05. The van der Waals surface area contributed by atoms with Gasteiger partial charge in [-0.15, -0.1) is 11.6 Å². The third-order valence-electron chi connectivity index (χ3n) is 1.89. The summed E-state index contributed by atoms with van der Waals surface area (Å²) in [5.74, 6) is 0.562. The fraction of sp³-hybridized carbons (Fsp3) is 0.455. The normalized spacial score (nSPS) is 10.5. The van der Waals surface area contributed by atoms with Crippen LogP contribution in [0.1, 0.15) is 5.56 Å². The molecule has 0 radical (unpaired) electrons. The molecule has 0 spiro atoms. The summed E-state index contributed by atoms with van der Waals surface area (Å²) in [5, 5.41) is 3.30. The average molecular weight is 293 g/mol. The Morgan fingerprint density at radius 3 is 2.60 bits per heavy atom. The number of benzene rings is 1. The standard InChI is InChI=1S/C11H15BrClNO/c12-11-3-1-10(2-4-11)9-14-6-8-15-7-5-13/h1-4,14H,5-9H2. The van der Waals surface area contributed by atoms with Crippen molar-refractivity contribution >= 4 is 27.5 Å². The molecule has 0 saturated heterocycles. The molecule has 1 aromatic rings. The van der Waals surface area contributed by atoms with E-state index < -0.39 is 0 Å². The Bertz CT molecular complexity index is 266. The fourth-order valence-corrected chi connectivity index (χ4v) is 1.51. The minimum Gasteiger partial charge on any atom is -0.379 e. The predicted octanol–water partition coefficient (Wildman–Crippen LogP) is 2.79. The van der Waals surface area contributed by atoms with Gasteiger partial charge in [0.2, 0.25) is 0 Å². The second-order valence-corrected chi connectivity index (χ2v) is 4.40. The molecule has 0 aliphatic rings. The Balaban J connectivity index is 2.07. The highest BCUT2D eigenvalue weighted by molar-refractivity contribution is 9.10. The summed E-state index contributed by atoms with van der Waals surface area (Å²) in [7, 11) is 0. The van der Waals surface area contributed by atoms with Crippen molar-refractivity contribution in [1.29, 1.82) is 0 Å². The third kappa shape index (κ3) is 6.15. The number of alkyl halides is 1. The summed E-state index contributed by atoms with van der Waals surface area (Å²) < 4.78 is 6.35. The van der Waals surface area contributed by atoms with Gasteiger partial charge >= 0.3 is 0 Å². The largest absolute Gasteiger partial charge is 0.379 e. The highest BCUT2D eigenvalue weighted by atomic mass is 79.9. The lowest BCUT2D eigenvalue weighted by molar-refractivity contribution is 0.151. The molecule has 4 heteroatoms. The summed E-state index contributed by atoms with van der Waals surface area (Å²) in [6.07, 6.45) is 0. The molecule has 0 amide bonds. The van der Waals surface area contributed by atoms with Crippen molar-refractivity contribution in [3.05, 3.63) is 34.3 Å². The summed E-state index contributed by atoms with van der Waals surface area (Å²) in [6, 6.07) is 8.27. The van der Waals surface area contributed by atoms with Crippen LogP contribution in [0.2, 0.25) is 0 Å². The van der Waals surface area contributed by atoms with E-state index in [0.717, 1.165) is 17.6 Å². The Morgan fingerprint density at radius 2 is 1.93 bits per heavy atom. The quantitative estimate of drug-likeness (QED) is 0.616. The molecule has 0 saturated carbocycles. The van der Waals surface area contributed by atoms with Crippen LogP contribution in [-0.4, -0.2) is 25.6 Å². The van der Waals surface area contributed by atoms with Crippen molar-refractivity contribution in [2.24, 2.45) is 0 Å². The van der Waals surface area contributed by atoms with Crippen LogP contribution in [0.3, 0.4) is 0 Å². The van der Waals surface area contributed by atoms with Crippen molar-refractivity contribution in [1.82, 2.24) is 5.32 Å². The van der Waals surface area contributed by atoms with Gasteiger partial charge in [-0.05, 0) is 17.7 Å². The molecule has 0 aliphatic carbocycles. The van der Waals surface area contributed by atoms with Crippen LogP contribution < -0.4 is 5.32 Å². The Labute approximate surface area is 104 Å². The van der Waals surface area contributed by atoms with Gasteiger partial charge in [0.25, 0.3) is 0 Å². The average Bonchev–Trinajstić information content (AvgIpc) is 2.26. The number of nitrogens with one attached hydrogen (secondary N) is 1. The second kappa shape index (κ2) is 8.11. The molecule has 1 N–H and O–H groups in total. The van der Waals surface area contributed by atoms with Gasteiger partial charge in [-0.2, -0.15) is 0 Å². The van der Waals surface area contributed by atoms with Gasteiger partial charge in [0.1, 0.15) is 0 Å². The monoisotopic (exact) mass is 291 g/mol. The van der Waals surface area contributed by atoms with Crippen molar-refractivity contribution in [3.63, 3.8) is 0 Å². The maximum Gasteiger partial charge on any atom is 0.0602 e. The number of ether oxygens (including phenoxy) is 1. The number of hydrogen-bond acceptors (Lipinski definition) is 2. The number of hydrogen-bond donors (Lipinski definition) is 1. The first-order chi connectivity index (χ1) is 7.33. The van der Waals surface area contributed by atoms with Crippen molar-refractivity contribution < 1.29 is 4.74 Å². The van der Waals surface area contributed by atoms with Crippen LogP contribution in [0, 0.1) is 0 Å². The van der Waals surface area contributed by atoms with Gasteiger partial charge in [-0.25, -0.2) is 0 Å². The molecule has 0 heterocycles. The predicted molar refractivity (Wildman–Crippen MR) is 67.4 cm³/mol. The van der Waals surface area contributed by atoms with E-state index in [0.29, 0.717) is 19.1 Å². The molecule has 0 aliphatic heterocycles. The van der Waals surface area contributed by atoms with Gasteiger partial charge in [-0.3, -0.25) is 0 Å². The molecular weight excluding hydrogens is 277 g/mol. The zero-order valence-corrected chi connectivity index (χ0v) is 10.9. The molecule has 2 nitrogen and oxygen atoms in total. The van der Waals surface area contributed by atoms with Crippen molar-refractivity contribution in [3.8, 4) is 0 Å². The van der Waals surface area contributed by atoms with Crippen LogP contribution in [-0.2, 0) is 11.3 Å². The molecule has 1 rings (SSSR count). The fourth-order valence-electron chi connectivity index (χ4n) is 1.14. The van der Waals surface area contributed by atoms with Gasteiger partial charge in [0.05, 0.1) is 13.2 Å². The highest BCUT2D eigenvalue weighted by Gasteiger charge is 1.92. The zero-order chi connectivity index (χ0) is 10.9. The first-order valence-electron chi connectivity index (χ1n) is 4.92. The minimum atomic E-state index is 0.562. The summed E-state index contributed by atoms with van der Waals surface area (Å²) in [6.45, 7) is 3.06. The Kier molecular flexibility index (Phi) is 7.01. The lowest BCUT2D eigenvalue weighted by atomic mass is 10.2. The second-order valence-electron chi connectivity index (χ2n) is 3.10. The van der Waals surface area contributed by atoms with Crippen molar-refractivity contribution in [2.75, 3.05) is 25.6 Å². The topological polar surface area (TPSA) is 21.3 Å². The van der Waals surface area contributed by atoms with Crippen LogP contribution in [0.4, 0.5) is 0 Å². The smallest absolute Gasteiger partial charge is 0.0602 e. The van der Waals surface area contributed by atoms with E-state index in [2.05, 4.69) is 33.4 Å². The van der Waals surface area contributed by atoms with E-state index in [1.165, 1.54) is 5.56 Å². The first kappa shape index (κ1) is 13.0. The molecule has 0 bridgehead atoms. The first-order valence-corrected chi connectivity index (χ1v) is 6.24. The summed E-state index contributed by atoms with van der Waals surface area (Å²) >= 11 is 8.88. The molecule has 1 aromatic carbocycles. The molecule has 0 aromatic heterocycles. The maximum atomic E-state index is 5.48. The van der Waals surface area contributed by atoms with Crippen molar-refractivity contribution in [2.45, 2.75) is 6.54 Å². The maximum absolute atomic E-state index is 5.48. The van der Waals surface area contributed by atoms with Gasteiger partial charge < -0.3 is 10.1 Å². The number of halogens is 2. The summed E-state index contributed by atoms with van der Waals surface area (Å²) in [4.78, 5) is 0. The number of rotatable bonds is 7. The van der Waals surface area contributed by atoms with Crippen LogP contribution >= 0.6 is 27.5 Å². The van der Waals surface area contributed by atoms with Gasteiger partial charge in [0, 0.05) is 23.4 Å². The van der Waals surface area contributed by atoms with E-state index in [1.807, 2.05) is 12.1 Å². The zero-order valence-electron chi connectivity index (χ0n) is 8.51. The van der Waals surface area contributed by atoms with E-state index in [1.54, 1.807) is 0 Å². The van der Waals surface area contributed by atoms with E-state index in [4.69, 9.17) is 16.3 Å². The van der Waals surface area contributed by atoms with Gasteiger partial charge in [0.15, 0.2) is 0 Å². The minimum absolute atomic E-state index is 0.562. The molecule has 0 fully saturated rings. The van der Waals surface area contributed by atoms with Gasteiger partial charge in [-0.1, -0.05) is 28.1 Å². The van der Waals surface area contributed by atoms with E-state index >= 15 is 0 Å². The molecular formula is C11H15BrClNO. The molecule has 84 valence electrons. The molecule has 15 heavy (non-hydrogen) atoms. The van der Waals surface area contributed by atoms with Crippen LogP contribution in [0.25, 0.3) is 0 Å². The van der Waals surface area contributed by atoms with E-state index in [-0.39, 0.29) is 0 Å². The third-order valence-corrected chi connectivity index (χ3v) is 2.57. The SMILES string of the molecule is ClCCOCCNCc1ccc(Br)cc1. The van der Waals surface area contributed by atoms with Crippen LogP contribution in [0.5, 0.6) is 0 Å². The van der Waals surface area contributed by atoms with E-state index in [9.17, 15) is 0 Å². The Hall–Kier alpha value is -0.0900. The summed E-state index contributed by atoms with van der Waals surface area (Å²) in [5.41, 5.74) is 1.27. The Morgan fingerprint density at radius 1 is 1.20 bits per heavy atom. The molecule has 0 unspecified atom stereocenters. The lowest BCUT2D eigenvalue weighted by Crippen LogP contribution is -2.19. The highest BCUT2D eigenvalue weighted by Crippen LogP contribution is 2.09.